The van der Waals surface area contributed by atoms with Gasteiger partial charge in [-0.15, -0.1) is 0 Å². The third-order valence-corrected chi connectivity index (χ3v) is 3.56. The molecule has 1 aliphatic rings. The SMILES string of the molecule is CC1(NC(=O)c2cc(F)ccc2C#CCN)CCOCC1. The Morgan fingerprint density at radius 1 is 1.48 bits per heavy atom. The van der Waals surface area contributed by atoms with Crippen molar-refractivity contribution >= 4 is 5.91 Å². The maximum Gasteiger partial charge on any atom is 0.253 e. The van der Waals surface area contributed by atoms with Crippen molar-refractivity contribution in [1.29, 1.82) is 0 Å². The Hall–Kier alpha value is -1.90. The standard InChI is InChI=1S/C16H19FN2O2/c1-16(6-9-21-10-7-16)19-15(20)14-11-13(17)5-4-12(14)3-2-8-18/h4-5,11H,6-10,18H2,1H3,(H,19,20). The first-order chi connectivity index (χ1) is 10.0. The molecule has 0 radical (unpaired) electrons. The number of hydrogen-bond acceptors (Lipinski definition) is 3. The van der Waals surface area contributed by atoms with Crippen molar-refractivity contribution in [3.8, 4) is 11.8 Å². The fraction of sp³-hybridized carbons (Fsp3) is 0.438. The zero-order chi connectivity index (χ0) is 15.3. The van der Waals surface area contributed by atoms with Crippen molar-refractivity contribution in [2.75, 3.05) is 19.8 Å². The van der Waals surface area contributed by atoms with E-state index in [9.17, 15) is 9.18 Å². The first kappa shape index (κ1) is 15.5. The van der Waals surface area contributed by atoms with E-state index < -0.39 is 5.82 Å². The number of carbonyl (C=O) groups excluding carboxylic acids is 1. The lowest BCUT2D eigenvalue weighted by atomic mass is 9.92. The zero-order valence-electron chi connectivity index (χ0n) is 12.0. The molecular weight excluding hydrogens is 271 g/mol. The molecule has 0 unspecified atom stereocenters. The molecule has 21 heavy (non-hydrogen) atoms. The predicted octanol–water partition coefficient (Wildman–Crippen LogP) is 1.43. The van der Waals surface area contributed by atoms with Crippen LogP contribution in [0, 0.1) is 17.7 Å². The van der Waals surface area contributed by atoms with Crippen molar-refractivity contribution in [2.24, 2.45) is 5.73 Å². The van der Waals surface area contributed by atoms with E-state index in [1.807, 2.05) is 6.92 Å². The summed E-state index contributed by atoms with van der Waals surface area (Å²) in [6, 6.07) is 3.99. The van der Waals surface area contributed by atoms with Crippen LogP contribution in [-0.2, 0) is 4.74 Å². The first-order valence-electron chi connectivity index (χ1n) is 6.93. The monoisotopic (exact) mass is 290 g/mol. The molecule has 3 N–H and O–H groups in total. The Labute approximate surface area is 123 Å². The van der Waals surface area contributed by atoms with Crippen molar-refractivity contribution in [3.05, 3.63) is 35.1 Å². The quantitative estimate of drug-likeness (QED) is 0.810. The van der Waals surface area contributed by atoms with E-state index in [-0.39, 0.29) is 23.6 Å². The minimum atomic E-state index is -0.462. The normalized spacial score (nSPS) is 16.7. The summed E-state index contributed by atoms with van der Waals surface area (Å²) in [5, 5.41) is 2.97. The lowest BCUT2D eigenvalue weighted by Crippen LogP contribution is -2.49. The number of nitrogens with one attached hydrogen (secondary N) is 1. The molecule has 1 fully saturated rings. The molecule has 1 aromatic rings. The molecule has 0 spiro atoms. The second kappa shape index (κ2) is 6.70. The minimum absolute atomic E-state index is 0.188. The van der Waals surface area contributed by atoms with Crippen LogP contribution in [0.1, 0.15) is 35.7 Å². The van der Waals surface area contributed by atoms with Crippen LogP contribution in [0.4, 0.5) is 4.39 Å². The summed E-state index contributed by atoms with van der Waals surface area (Å²) in [4.78, 5) is 12.4. The van der Waals surface area contributed by atoms with Crippen LogP contribution in [0.2, 0.25) is 0 Å². The highest BCUT2D eigenvalue weighted by Gasteiger charge is 2.29. The van der Waals surface area contributed by atoms with E-state index >= 15 is 0 Å². The Kier molecular flexibility index (Phi) is 4.94. The van der Waals surface area contributed by atoms with Gasteiger partial charge in [0.1, 0.15) is 5.82 Å². The predicted molar refractivity (Wildman–Crippen MR) is 78.3 cm³/mol. The van der Waals surface area contributed by atoms with Crippen LogP contribution in [0.15, 0.2) is 18.2 Å². The topological polar surface area (TPSA) is 64.4 Å². The molecule has 1 amide bonds. The smallest absolute Gasteiger partial charge is 0.253 e. The summed E-state index contributed by atoms with van der Waals surface area (Å²) in [5.74, 6) is 4.71. The maximum atomic E-state index is 13.4. The van der Waals surface area contributed by atoms with Gasteiger partial charge in [-0.3, -0.25) is 4.79 Å². The van der Waals surface area contributed by atoms with Crippen LogP contribution in [0.5, 0.6) is 0 Å². The Morgan fingerprint density at radius 3 is 2.86 bits per heavy atom. The highest BCUT2D eigenvalue weighted by atomic mass is 19.1. The molecule has 0 aliphatic carbocycles. The van der Waals surface area contributed by atoms with E-state index in [1.54, 1.807) is 0 Å². The van der Waals surface area contributed by atoms with E-state index in [4.69, 9.17) is 10.5 Å². The summed E-state index contributed by atoms with van der Waals surface area (Å²) in [6.45, 7) is 3.38. The number of benzene rings is 1. The molecule has 0 saturated carbocycles. The van der Waals surface area contributed by atoms with Gasteiger partial charge in [0.05, 0.1) is 12.1 Å². The summed E-state index contributed by atoms with van der Waals surface area (Å²) < 4.78 is 18.7. The Balaban J connectivity index is 2.23. The lowest BCUT2D eigenvalue weighted by molar-refractivity contribution is 0.0422. The van der Waals surface area contributed by atoms with Crippen LogP contribution in [0.3, 0.4) is 0 Å². The number of rotatable bonds is 2. The van der Waals surface area contributed by atoms with Gasteiger partial charge in [0.15, 0.2) is 0 Å². The number of ether oxygens (including phenoxy) is 1. The third-order valence-electron chi connectivity index (χ3n) is 3.56. The van der Waals surface area contributed by atoms with E-state index in [0.29, 0.717) is 18.8 Å². The van der Waals surface area contributed by atoms with Crippen molar-refractivity contribution in [3.63, 3.8) is 0 Å². The molecule has 4 nitrogen and oxygen atoms in total. The van der Waals surface area contributed by atoms with Gasteiger partial charge in [-0.05, 0) is 38.0 Å². The largest absolute Gasteiger partial charge is 0.381 e. The molecule has 1 saturated heterocycles. The second-order valence-corrected chi connectivity index (χ2v) is 5.32. The van der Waals surface area contributed by atoms with Crippen LogP contribution >= 0.6 is 0 Å². The summed E-state index contributed by atoms with van der Waals surface area (Å²) in [5.41, 5.74) is 5.73. The van der Waals surface area contributed by atoms with Crippen LogP contribution in [-0.4, -0.2) is 31.2 Å². The maximum absolute atomic E-state index is 13.4. The van der Waals surface area contributed by atoms with Gasteiger partial charge in [0, 0.05) is 24.3 Å². The number of amides is 1. The highest BCUT2D eigenvalue weighted by Crippen LogP contribution is 2.21. The fourth-order valence-corrected chi connectivity index (χ4v) is 2.25. The molecule has 2 rings (SSSR count). The number of nitrogens with two attached hydrogens (primary N) is 1. The number of halogens is 1. The molecule has 1 heterocycles. The van der Waals surface area contributed by atoms with Crippen LogP contribution in [0.25, 0.3) is 0 Å². The number of carbonyl (C=O) groups is 1. The van der Waals surface area contributed by atoms with Gasteiger partial charge in [0.25, 0.3) is 5.91 Å². The highest BCUT2D eigenvalue weighted by molar-refractivity contribution is 5.97. The Bertz CT molecular complexity index is 584. The molecule has 5 heteroatoms. The van der Waals surface area contributed by atoms with Gasteiger partial charge >= 0.3 is 0 Å². The average Bonchev–Trinajstić information content (AvgIpc) is 2.46. The minimum Gasteiger partial charge on any atom is -0.381 e. The summed E-state index contributed by atoms with van der Waals surface area (Å²) in [6.07, 6.45) is 1.47. The van der Waals surface area contributed by atoms with E-state index in [1.165, 1.54) is 18.2 Å². The number of hydrogen-bond donors (Lipinski definition) is 2. The fourth-order valence-electron chi connectivity index (χ4n) is 2.25. The van der Waals surface area contributed by atoms with Crippen LogP contribution < -0.4 is 11.1 Å². The average molecular weight is 290 g/mol. The second-order valence-electron chi connectivity index (χ2n) is 5.32. The van der Waals surface area contributed by atoms with Gasteiger partial charge in [-0.25, -0.2) is 4.39 Å². The molecule has 1 aromatic carbocycles. The summed E-state index contributed by atoms with van der Waals surface area (Å²) in [7, 11) is 0. The van der Waals surface area contributed by atoms with Crippen molar-refractivity contribution in [2.45, 2.75) is 25.3 Å². The molecule has 0 bridgehead atoms. The van der Waals surface area contributed by atoms with E-state index in [2.05, 4.69) is 17.2 Å². The van der Waals surface area contributed by atoms with Gasteiger partial charge < -0.3 is 15.8 Å². The van der Waals surface area contributed by atoms with Gasteiger partial charge in [-0.2, -0.15) is 0 Å². The molecule has 0 aromatic heterocycles. The lowest BCUT2D eigenvalue weighted by Gasteiger charge is -2.34. The third kappa shape index (κ3) is 4.03. The molecule has 112 valence electrons. The molecule has 0 atom stereocenters. The molecule has 1 aliphatic heterocycles. The van der Waals surface area contributed by atoms with Gasteiger partial charge in [-0.1, -0.05) is 11.8 Å². The first-order valence-corrected chi connectivity index (χ1v) is 6.93. The molecular formula is C16H19FN2O2. The summed E-state index contributed by atoms with van der Waals surface area (Å²) >= 11 is 0. The van der Waals surface area contributed by atoms with Crippen molar-refractivity contribution in [1.82, 2.24) is 5.32 Å². The van der Waals surface area contributed by atoms with Gasteiger partial charge in [0.2, 0.25) is 0 Å². The van der Waals surface area contributed by atoms with Crippen molar-refractivity contribution < 1.29 is 13.9 Å². The zero-order valence-corrected chi connectivity index (χ0v) is 12.0. The van der Waals surface area contributed by atoms with E-state index in [0.717, 1.165) is 12.8 Å². The Morgan fingerprint density at radius 2 is 2.19 bits per heavy atom.